The van der Waals surface area contributed by atoms with Crippen LogP contribution in [0.15, 0.2) is 24.3 Å². The van der Waals surface area contributed by atoms with Crippen LogP contribution < -0.4 is 5.32 Å². The van der Waals surface area contributed by atoms with Crippen molar-refractivity contribution in [1.82, 2.24) is 5.32 Å². The van der Waals surface area contributed by atoms with Gasteiger partial charge in [-0.05, 0) is 24.6 Å². The molecule has 0 radical (unpaired) electrons. The van der Waals surface area contributed by atoms with Gasteiger partial charge in [-0.3, -0.25) is 4.21 Å². The Morgan fingerprint density at radius 1 is 1.33 bits per heavy atom. The van der Waals surface area contributed by atoms with Crippen molar-refractivity contribution in [3.63, 3.8) is 0 Å². The van der Waals surface area contributed by atoms with Gasteiger partial charge in [-0.1, -0.05) is 31.2 Å². The van der Waals surface area contributed by atoms with E-state index in [-0.39, 0.29) is 6.04 Å². The van der Waals surface area contributed by atoms with Crippen molar-refractivity contribution in [2.75, 3.05) is 32.3 Å². The Balaban J connectivity index is 2.61. The summed E-state index contributed by atoms with van der Waals surface area (Å²) in [5, 5.41) is 3.23. The summed E-state index contributed by atoms with van der Waals surface area (Å²) in [4.78, 5) is 0. The number of methoxy groups -OCH3 is 1. The van der Waals surface area contributed by atoms with Crippen LogP contribution in [0.4, 0.5) is 0 Å². The number of hydrogen-bond acceptors (Lipinski definition) is 3. The lowest BCUT2D eigenvalue weighted by Crippen LogP contribution is -2.24. The van der Waals surface area contributed by atoms with E-state index >= 15 is 0 Å². The molecule has 0 aliphatic heterocycles. The Hall–Kier alpha value is -0.710. The summed E-state index contributed by atoms with van der Waals surface area (Å²) in [7, 11) is 2.70. The first-order chi connectivity index (χ1) is 8.71. The molecule has 0 spiro atoms. The molecular weight excluding hydrogens is 246 g/mol. The summed E-state index contributed by atoms with van der Waals surface area (Å²) in [6, 6.07) is 8.66. The van der Waals surface area contributed by atoms with Crippen molar-refractivity contribution in [2.24, 2.45) is 0 Å². The molecule has 0 fully saturated rings. The second kappa shape index (κ2) is 8.40. The zero-order valence-corrected chi connectivity index (χ0v) is 12.3. The lowest BCUT2D eigenvalue weighted by Gasteiger charge is -2.16. The summed E-state index contributed by atoms with van der Waals surface area (Å²) in [5.41, 5.74) is 2.52. The first kappa shape index (κ1) is 15.3. The summed E-state index contributed by atoms with van der Waals surface area (Å²) >= 11 is 0. The van der Waals surface area contributed by atoms with Crippen molar-refractivity contribution in [2.45, 2.75) is 19.4 Å². The third kappa shape index (κ3) is 4.88. The zero-order chi connectivity index (χ0) is 13.4. The van der Waals surface area contributed by atoms with Crippen molar-refractivity contribution in [3.8, 4) is 0 Å². The second-order valence-corrected chi connectivity index (χ2v) is 5.86. The molecular formula is C14H23NO2S. The molecule has 1 aromatic carbocycles. The van der Waals surface area contributed by atoms with E-state index in [1.807, 2.05) is 7.05 Å². The SMILES string of the molecule is CCc1ccc(C(CS(=O)CCOC)NC)cc1. The molecule has 1 rings (SSSR count). The third-order valence-electron chi connectivity index (χ3n) is 3.01. The Morgan fingerprint density at radius 3 is 2.50 bits per heavy atom. The molecule has 4 heteroatoms. The molecule has 102 valence electrons. The molecule has 18 heavy (non-hydrogen) atoms. The van der Waals surface area contributed by atoms with Crippen molar-refractivity contribution in [3.05, 3.63) is 35.4 Å². The quantitative estimate of drug-likeness (QED) is 0.783. The van der Waals surface area contributed by atoms with Gasteiger partial charge in [0.25, 0.3) is 0 Å². The Bertz CT molecular complexity index is 365. The highest BCUT2D eigenvalue weighted by molar-refractivity contribution is 7.85. The standard InChI is InChI=1S/C14H23NO2S/c1-4-12-5-7-13(8-6-12)14(15-2)11-18(16)10-9-17-3/h5-8,14-15H,4,9-11H2,1-3H3. The van der Waals surface area contributed by atoms with Crippen LogP contribution in [-0.4, -0.2) is 36.5 Å². The van der Waals surface area contributed by atoms with Crippen molar-refractivity contribution < 1.29 is 8.95 Å². The minimum Gasteiger partial charge on any atom is -0.384 e. The van der Waals surface area contributed by atoms with E-state index < -0.39 is 10.8 Å². The van der Waals surface area contributed by atoms with Crippen LogP contribution in [-0.2, 0) is 22.0 Å². The fourth-order valence-corrected chi connectivity index (χ4v) is 3.03. The lowest BCUT2D eigenvalue weighted by atomic mass is 10.1. The average Bonchev–Trinajstić information content (AvgIpc) is 2.42. The predicted octanol–water partition coefficient (Wildman–Crippen LogP) is 1.90. The number of benzene rings is 1. The van der Waals surface area contributed by atoms with Gasteiger partial charge in [0, 0.05) is 35.5 Å². The van der Waals surface area contributed by atoms with Crippen molar-refractivity contribution in [1.29, 1.82) is 0 Å². The molecule has 1 N–H and O–H groups in total. The Labute approximate surface area is 112 Å². The number of rotatable bonds is 8. The molecule has 0 heterocycles. The van der Waals surface area contributed by atoms with Crippen LogP contribution in [0.5, 0.6) is 0 Å². The zero-order valence-electron chi connectivity index (χ0n) is 11.4. The van der Waals surface area contributed by atoms with Crippen molar-refractivity contribution >= 4 is 10.8 Å². The van der Waals surface area contributed by atoms with Gasteiger partial charge in [0.2, 0.25) is 0 Å². The highest BCUT2D eigenvalue weighted by Gasteiger charge is 2.12. The van der Waals surface area contributed by atoms with Crippen LogP contribution >= 0.6 is 0 Å². The lowest BCUT2D eigenvalue weighted by molar-refractivity contribution is 0.218. The van der Waals surface area contributed by atoms with E-state index in [1.165, 1.54) is 11.1 Å². The highest BCUT2D eigenvalue weighted by Crippen LogP contribution is 2.15. The Kier molecular flexibility index (Phi) is 7.16. The molecule has 0 amide bonds. The molecule has 2 atom stereocenters. The summed E-state index contributed by atoms with van der Waals surface area (Å²) in [5.74, 6) is 1.23. The number of ether oxygens (including phenoxy) is 1. The number of nitrogens with one attached hydrogen (secondary N) is 1. The fourth-order valence-electron chi connectivity index (χ4n) is 1.78. The van der Waals surface area contributed by atoms with Gasteiger partial charge in [-0.15, -0.1) is 0 Å². The second-order valence-electron chi connectivity index (χ2n) is 4.24. The van der Waals surface area contributed by atoms with Gasteiger partial charge < -0.3 is 10.1 Å². The molecule has 0 aliphatic rings. The number of hydrogen-bond donors (Lipinski definition) is 1. The fraction of sp³-hybridized carbons (Fsp3) is 0.571. The van der Waals surface area contributed by atoms with E-state index in [2.05, 4.69) is 36.5 Å². The van der Waals surface area contributed by atoms with E-state index in [9.17, 15) is 4.21 Å². The largest absolute Gasteiger partial charge is 0.384 e. The average molecular weight is 269 g/mol. The van der Waals surface area contributed by atoms with Crippen LogP contribution in [0.3, 0.4) is 0 Å². The first-order valence-electron chi connectivity index (χ1n) is 6.31. The van der Waals surface area contributed by atoms with Gasteiger partial charge in [-0.25, -0.2) is 0 Å². The van der Waals surface area contributed by atoms with Crippen LogP contribution in [0.2, 0.25) is 0 Å². The number of aryl methyl sites for hydroxylation is 1. The van der Waals surface area contributed by atoms with Gasteiger partial charge in [0.1, 0.15) is 0 Å². The molecule has 2 unspecified atom stereocenters. The minimum atomic E-state index is -0.845. The topological polar surface area (TPSA) is 38.3 Å². The van der Waals surface area contributed by atoms with E-state index in [0.29, 0.717) is 18.1 Å². The summed E-state index contributed by atoms with van der Waals surface area (Å²) < 4.78 is 16.8. The van der Waals surface area contributed by atoms with Gasteiger partial charge in [0.05, 0.1) is 6.61 Å². The molecule has 3 nitrogen and oxygen atoms in total. The molecule has 0 bridgehead atoms. The smallest absolute Gasteiger partial charge is 0.0577 e. The maximum Gasteiger partial charge on any atom is 0.0577 e. The predicted molar refractivity (Wildman–Crippen MR) is 77.4 cm³/mol. The first-order valence-corrected chi connectivity index (χ1v) is 7.80. The van der Waals surface area contributed by atoms with Crippen LogP contribution in [0.1, 0.15) is 24.1 Å². The maximum absolute atomic E-state index is 11.9. The molecule has 0 saturated heterocycles. The molecule has 0 saturated carbocycles. The van der Waals surface area contributed by atoms with E-state index in [0.717, 1.165) is 6.42 Å². The summed E-state index contributed by atoms with van der Waals surface area (Å²) in [6.45, 7) is 2.70. The van der Waals surface area contributed by atoms with Crippen LogP contribution in [0, 0.1) is 0 Å². The Morgan fingerprint density at radius 2 is 2.00 bits per heavy atom. The maximum atomic E-state index is 11.9. The highest BCUT2D eigenvalue weighted by atomic mass is 32.2. The normalized spacial score (nSPS) is 14.4. The van der Waals surface area contributed by atoms with Gasteiger partial charge in [0.15, 0.2) is 0 Å². The van der Waals surface area contributed by atoms with E-state index in [1.54, 1.807) is 7.11 Å². The van der Waals surface area contributed by atoms with Gasteiger partial charge in [-0.2, -0.15) is 0 Å². The van der Waals surface area contributed by atoms with Crippen LogP contribution in [0.25, 0.3) is 0 Å². The third-order valence-corrected chi connectivity index (χ3v) is 4.33. The monoisotopic (exact) mass is 269 g/mol. The molecule has 1 aromatic rings. The molecule has 0 aromatic heterocycles. The molecule has 0 aliphatic carbocycles. The van der Waals surface area contributed by atoms with E-state index in [4.69, 9.17) is 4.74 Å². The minimum absolute atomic E-state index is 0.147. The summed E-state index contributed by atoms with van der Waals surface area (Å²) in [6.07, 6.45) is 1.05. The van der Waals surface area contributed by atoms with Gasteiger partial charge >= 0.3 is 0 Å².